The molecule has 0 radical (unpaired) electrons. The van der Waals surface area contributed by atoms with Gasteiger partial charge in [0, 0.05) is 25.9 Å². The van der Waals surface area contributed by atoms with Crippen molar-refractivity contribution in [3.8, 4) is 22.8 Å². The van der Waals surface area contributed by atoms with Crippen molar-refractivity contribution in [2.45, 2.75) is 63.5 Å². The number of benzene rings is 4. The van der Waals surface area contributed by atoms with E-state index in [1.165, 1.54) is 12.1 Å². The lowest BCUT2D eigenvalue weighted by atomic mass is 9.90. The molecule has 4 N–H and O–H groups in total. The molecule has 0 spiro atoms. The van der Waals surface area contributed by atoms with Crippen LogP contribution >= 0.6 is 0 Å². The van der Waals surface area contributed by atoms with Crippen LogP contribution in [-0.4, -0.2) is 56.7 Å². The molecular weight excluding hydrogens is 829 g/mol. The van der Waals surface area contributed by atoms with E-state index in [0.717, 1.165) is 72.2 Å². The minimum absolute atomic E-state index is 0.0332. The summed E-state index contributed by atoms with van der Waals surface area (Å²) in [6.45, 7) is 1.78. The molecule has 4 aromatic carbocycles. The lowest BCUT2D eigenvalue weighted by Gasteiger charge is -2.22. The van der Waals surface area contributed by atoms with Gasteiger partial charge in [-0.15, -0.1) is 0 Å². The molecule has 10 rings (SSSR count). The van der Waals surface area contributed by atoms with Crippen LogP contribution < -0.4 is 21.3 Å². The van der Waals surface area contributed by atoms with Gasteiger partial charge >= 0.3 is 0 Å². The van der Waals surface area contributed by atoms with Crippen molar-refractivity contribution < 1.29 is 36.7 Å². The number of hydrogen-bond acceptors (Lipinski definition) is 8. The van der Waals surface area contributed by atoms with Crippen molar-refractivity contribution in [1.29, 1.82) is 0 Å². The van der Waals surface area contributed by atoms with Crippen LogP contribution in [0.25, 0.3) is 22.8 Å². The number of aromatic nitrogens is 4. The quantitative estimate of drug-likeness (QED) is 0.126. The Labute approximate surface area is 364 Å². The summed E-state index contributed by atoms with van der Waals surface area (Å²) < 4.78 is 57.4. The Bertz CT molecular complexity index is 2610. The molecule has 64 heavy (non-hydrogen) atoms. The number of piperidine rings is 2. The van der Waals surface area contributed by atoms with E-state index in [0.29, 0.717) is 59.8 Å². The highest BCUT2D eigenvalue weighted by molar-refractivity contribution is 5.99. The van der Waals surface area contributed by atoms with E-state index in [9.17, 15) is 36.7 Å². The summed E-state index contributed by atoms with van der Waals surface area (Å²) in [5.74, 6) is -4.07. The van der Waals surface area contributed by atoms with Crippen molar-refractivity contribution in [2.24, 2.45) is 0 Å². The van der Waals surface area contributed by atoms with Gasteiger partial charge in [-0.3, -0.25) is 19.2 Å². The Balaban J connectivity index is 0.000000162. The Kier molecular flexibility index (Phi) is 11.7. The SMILES string of the molecule is O=C1NCc2nc(-c3c(F)cccc3F)nc(Cc3ccc(C4CCCNC4=O)cc3)c21.O=C1NCc2nc(-c3c(F)cccc3F)nc(Cc3ccc([C@@H]4CCCNC4=O)cc3)c21. The van der Waals surface area contributed by atoms with Gasteiger partial charge < -0.3 is 21.3 Å². The molecule has 1 unspecified atom stereocenters. The second kappa shape index (κ2) is 17.8. The van der Waals surface area contributed by atoms with Crippen molar-refractivity contribution in [1.82, 2.24) is 41.2 Å². The zero-order chi connectivity index (χ0) is 44.5. The third-order valence-electron chi connectivity index (χ3n) is 11.9. The third-order valence-corrected chi connectivity index (χ3v) is 11.9. The number of hydrogen-bond donors (Lipinski definition) is 4. The summed E-state index contributed by atoms with van der Waals surface area (Å²) in [5, 5.41) is 11.2. The van der Waals surface area contributed by atoms with Gasteiger partial charge in [-0.1, -0.05) is 60.7 Å². The van der Waals surface area contributed by atoms with E-state index in [1.54, 1.807) is 0 Å². The van der Waals surface area contributed by atoms with Gasteiger partial charge in [0.1, 0.15) is 23.3 Å². The molecule has 0 bridgehead atoms. The number of carbonyl (C=O) groups is 4. The number of nitrogens with zero attached hydrogens (tertiary/aromatic N) is 4. The summed E-state index contributed by atoms with van der Waals surface area (Å²) in [5.41, 5.74) is 5.34. The van der Waals surface area contributed by atoms with Crippen LogP contribution in [0.3, 0.4) is 0 Å². The summed E-state index contributed by atoms with van der Waals surface area (Å²) in [7, 11) is 0. The number of carbonyl (C=O) groups excluding carboxylic acids is 4. The molecule has 2 fully saturated rings. The molecule has 2 atom stereocenters. The van der Waals surface area contributed by atoms with Crippen molar-refractivity contribution in [3.63, 3.8) is 0 Å². The maximum atomic E-state index is 14.3. The van der Waals surface area contributed by atoms with Gasteiger partial charge in [0.15, 0.2) is 11.6 Å². The van der Waals surface area contributed by atoms with Crippen LogP contribution in [0.15, 0.2) is 84.9 Å². The van der Waals surface area contributed by atoms with Gasteiger partial charge in [0.25, 0.3) is 11.8 Å². The minimum atomic E-state index is -0.761. The van der Waals surface area contributed by atoms with E-state index < -0.39 is 23.3 Å². The van der Waals surface area contributed by atoms with Crippen LogP contribution in [-0.2, 0) is 35.5 Å². The molecule has 4 aliphatic rings. The van der Waals surface area contributed by atoms with Crippen molar-refractivity contribution >= 4 is 23.6 Å². The summed E-state index contributed by atoms with van der Waals surface area (Å²) in [4.78, 5) is 66.3. The molecule has 0 saturated carbocycles. The molecule has 12 nitrogen and oxygen atoms in total. The third kappa shape index (κ3) is 8.42. The Hall–Kier alpha value is -7.36. The van der Waals surface area contributed by atoms with Crippen LogP contribution in [0.1, 0.15) is 103 Å². The molecule has 4 aliphatic heterocycles. The van der Waals surface area contributed by atoms with E-state index in [4.69, 9.17) is 0 Å². The first-order valence-electron chi connectivity index (χ1n) is 21.0. The molecular formula is C48H40F4N8O4. The number of nitrogens with one attached hydrogen (secondary N) is 4. The van der Waals surface area contributed by atoms with Gasteiger partial charge in [-0.05, 0) is 72.2 Å². The number of rotatable bonds is 8. The maximum Gasteiger partial charge on any atom is 0.255 e. The Morgan fingerprint density at radius 1 is 0.469 bits per heavy atom. The van der Waals surface area contributed by atoms with Gasteiger partial charge in [0.2, 0.25) is 11.8 Å². The second-order valence-electron chi connectivity index (χ2n) is 16.0. The van der Waals surface area contributed by atoms with E-state index in [1.807, 2.05) is 48.5 Å². The number of amides is 4. The van der Waals surface area contributed by atoms with Gasteiger partial charge in [-0.2, -0.15) is 0 Å². The van der Waals surface area contributed by atoms with Gasteiger partial charge in [-0.25, -0.2) is 37.5 Å². The summed E-state index contributed by atoms with van der Waals surface area (Å²) >= 11 is 0. The standard InChI is InChI=1S/2C24H20F2N4O2/c2*25-16-4-1-5-17(26)20(16)22-29-18(21-19(30-22)12-28-24(21)32)11-13-6-8-14(9-7-13)15-3-2-10-27-23(15)31/h2*1,4-9,15H,2-3,10-12H2,(H,27,31)(H,28,32)/t15-;/m0./s1. The number of fused-ring (bicyclic) bond motifs is 2. The first-order valence-corrected chi connectivity index (χ1v) is 21.0. The fraction of sp³-hybridized carbons (Fsp3) is 0.250. The predicted molar refractivity (Wildman–Crippen MR) is 226 cm³/mol. The smallest absolute Gasteiger partial charge is 0.255 e. The molecule has 0 aliphatic carbocycles. The van der Waals surface area contributed by atoms with E-state index in [-0.39, 0.29) is 71.3 Å². The van der Waals surface area contributed by atoms with Crippen LogP contribution in [0.4, 0.5) is 17.6 Å². The fourth-order valence-electron chi connectivity index (χ4n) is 8.61. The van der Waals surface area contributed by atoms with Crippen molar-refractivity contribution in [3.05, 3.63) is 164 Å². The summed E-state index contributed by atoms with van der Waals surface area (Å²) in [6.07, 6.45) is 4.08. The first-order chi connectivity index (χ1) is 31.0. The van der Waals surface area contributed by atoms with Crippen LogP contribution in [0, 0.1) is 23.3 Å². The maximum absolute atomic E-state index is 14.3. The summed E-state index contributed by atoms with van der Waals surface area (Å²) in [6, 6.07) is 22.4. The monoisotopic (exact) mass is 868 g/mol. The topological polar surface area (TPSA) is 168 Å². The largest absolute Gasteiger partial charge is 0.356 e. The van der Waals surface area contributed by atoms with E-state index in [2.05, 4.69) is 41.2 Å². The highest BCUT2D eigenvalue weighted by Crippen LogP contribution is 2.31. The molecule has 6 heterocycles. The predicted octanol–water partition coefficient (Wildman–Crippen LogP) is 6.50. The first kappa shape index (κ1) is 42.0. The Morgan fingerprint density at radius 2 is 0.844 bits per heavy atom. The lowest BCUT2D eigenvalue weighted by Crippen LogP contribution is -2.35. The highest BCUT2D eigenvalue weighted by Gasteiger charge is 2.31. The van der Waals surface area contributed by atoms with E-state index >= 15 is 0 Å². The van der Waals surface area contributed by atoms with Crippen LogP contribution in [0.5, 0.6) is 0 Å². The molecule has 6 aromatic rings. The molecule has 2 saturated heterocycles. The molecule has 4 amide bonds. The normalized spacial score (nSPS) is 17.6. The zero-order valence-electron chi connectivity index (χ0n) is 34.2. The fourth-order valence-corrected chi connectivity index (χ4v) is 8.61. The average molecular weight is 869 g/mol. The molecule has 2 aromatic heterocycles. The van der Waals surface area contributed by atoms with Gasteiger partial charge in [0.05, 0.1) is 70.0 Å². The lowest BCUT2D eigenvalue weighted by molar-refractivity contribution is -0.124. The number of halogens is 4. The average Bonchev–Trinajstić information content (AvgIpc) is 3.86. The molecule has 324 valence electrons. The van der Waals surface area contributed by atoms with Crippen molar-refractivity contribution in [2.75, 3.05) is 13.1 Å². The zero-order valence-corrected chi connectivity index (χ0v) is 34.2. The second-order valence-corrected chi connectivity index (χ2v) is 16.0. The highest BCUT2D eigenvalue weighted by atomic mass is 19.1. The Morgan fingerprint density at radius 3 is 1.20 bits per heavy atom. The molecule has 16 heteroatoms. The minimum Gasteiger partial charge on any atom is -0.356 e. The van der Waals surface area contributed by atoms with Crippen LogP contribution in [0.2, 0.25) is 0 Å².